The van der Waals surface area contributed by atoms with Crippen LogP contribution in [0.2, 0.25) is 0 Å². The van der Waals surface area contributed by atoms with E-state index < -0.39 is 0 Å². The smallest absolute Gasteiger partial charge is 0.141 e. The number of halogens is 1. The number of hydrogen-bond donors (Lipinski definition) is 1. The van der Waals surface area contributed by atoms with Crippen molar-refractivity contribution in [3.05, 3.63) is 46.6 Å². The Balaban J connectivity index is 2.20. The maximum Gasteiger partial charge on any atom is 0.141 e. The maximum absolute atomic E-state index is 5.82. The first-order valence-corrected chi connectivity index (χ1v) is 6.62. The zero-order chi connectivity index (χ0) is 13.0. The van der Waals surface area contributed by atoms with Gasteiger partial charge in [-0.1, -0.05) is 6.07 Å². The van der Waals surface area contributed by atoms with Gasteiger partial charge >= 0.3 is 0 Å². The molecule has 1 heterocycles. The lowest BCUT2D eigenvalue weighted by molar-refractivity contribution is 0.479. The van der Waals surface area contributed by atoms with Crippen LogP contribution in [0.5, 0.6) is 11.5 Å². The van der Waals surface area contributed by atoms with Crippen LogP contribution < -0.4 is 10.1 Å². The molecule has 0 unspecified atom stereocenters. The van der Waals surface area contributed by atoms with Gasteiger partial charge < -0.3 is 10.1 Å². The number of nitrogens with one attached hydrogen (secondary N) is 1. The molecule has 0 radical (unpaired) electrons. The van der Waals surface area contributed by atoms with Crippen LogP contribution in [0, 0.1) is 6.92 Å². The van der Waals surface area contributed by atoms with Crippen molar-refractivity contribution in [1.29, 1.82) is 0 Å². The number of ether oxygens (including phenoxy) is 1. The van der Waals surface area contributed by atoms with Gasteiger partial charge in [0.25, 0.3) is 0 Å². The molecule has 4 heteroatoms. The first-order chi connectivity index (χ1) is 8.69. The Kier molecular flexibility index (Phi) is 4.20. The van der Waals surface area contributed by atoms with E-state index in [-0.39, 0.29) is 0 Å². The van der Waals surface area contributed by atoms with Gasteiger partial charge in [0.2, 0.25) is 0 Å². The quantitative estimate of drug-likeness (QED) is 0.910. The number of aromatic nitrogens is 1. The number of pyridine rings is 1. The molecule has 0 atom stereocenters. The minimum absolute atomic E-state index is 0.769. The molecular formula is C14H15BrN2O. The topological polar surface area (TPSA) is 34.1 Å². The van der Waals surface area contributed by atoms with E-state index in [1.807, 2.05) is 44.2 Å². The van der Waals surface area contributed by atoms with Gasteiger partial charge in [0.15, 0.2) is 0 Å². The summed E-state index contributed by atoms with van der Waals surface area (Å²) in [5.41, 5.74) is 1.19. The van der Waals surface area contributed by atoms with Crippen LogP contribution in [-0.4, -0.2) is 11.5 Å². The van der Waals surface area contributed by atoms with Gasteiger partial charge in [-0.15, -0.1) is 0 Å². The van der Waals surface area contributed by atoms with E-state index >= 15 is 0 Å². The summed E-state index contributed by atoms with van der Waals surface area (Å²) in [4.78, 5) is 4.20. The first kappa shape index (κ1) is 12.9. The van der Waals surface area contributed by atoms with Crippen molar-refractivity contribution in [2.75, 3.05) is 11.9 Å². The van der Waals surface area contributed by atoms with E-state index in [1.165, 1.54) is 5.56 Å². The highest BCUT2D eigenvalue weighted by Gasteiger charge is 2.04. The highest BCUT2D eigenvalue weighted by atomic mass is 79.9. The van der Waals surface area contributed by atoms with Gasteiger partial charge in [-0.2, -0.15) is 0 Å². The van der Waals surface area contributed by atoms with E-state index in [2.05, 4.69) is 26.2 Å². The second-order valence-electron chi connectivity index (χ2n) is 3.94. The minimum Gasteiger partial charge on any atom is -0.456 e. The van der Waals surface area contributed by atoms with E-state index in [4.69, 9.17) is 4.74 Å². The summed E-state index contributed by atoms with van der Waals surface area (Å²) in [5, 5.41) is 3.15. The van der Waals surface area contributed by atoms with Crippen molar-refractivity contribution < 1.29 is 4.74 Å². The Labute approximate surface area is 115 Å². The highest BCUT2D eigenvalue weighted by Crippen LogP contribution is 2.30. The zero-order valence-electron chi connectivity index (χ0n) is 10.4. The lowest BCUT2D eigenvalue weighted by atomic mass is 10.2. The van der Waals surface area contributed by atoms with E-state index in [9.17, 15) is 0 Å². The Bertz CT molecular complexity index is 543. The van der Waals surface area contributed by atoms with Crippen molar-refractivity contribution in [3.8, 4) is 11.5 Å². The molecule has 1 aromatic heterocycles. The summed E-state index contributed by atoms with van der Waals surface area (Å²) in [5.74, 6) is 2.39. The Morgan fingerprint density at radius 2 is 2.11 bits per heavy atom. The molecule has 1 aromatic carbocycles. The van der Waals surface area contributed by atoms with Crippen molar-refractivity contribution in [2.45, 2.75) is 13.8 Å². The SMILES string of the molecule is CCNc1cc(Oc2ccc(C)cc2Br)ccn1. The van der Waals surface area contributed by atoms with Gasteiger partial charge in [-0.25, -0.2) is 4.98 Å². The summed E-state index contributed by atoms with van der Waals surface area (Å²) in [7, 11) is 0. The second-order valence-corrected chi connectivity index (χ2v) is 4.80. The molecule has 18 heavy (non-hydrogen) atoms. The standard InChI is InChI=1S/C14H15BrN2O/c1-3-16-14-9-11(6-7-17-14)18-13-5-4-10(2)8-12(13)15/h4-9H,3H2,1-2H3,(H,16,17). The molecule has 0 spiro atoms. The Morgan fingerprint density at radius 3 is 2.83 bits per heavy atom. The van der Waals surface area contributed by atoms with Crippen LogP contribution in [0.4, 0.5) is 5.82 Å². The molecule has 0 bridgehead atoms. The van der Waals surface area contributed by atoms with Gasteiger partial charge in [-0.3, -0.25) is 0 Å². The van der Waals surface area contributed by atoms with Gasteiger partial charge in [-0.05, 0) is 53.5 Å². The van der Waals surface area contributed by atoms with Crippen LogP contribution in [0.15, 0.2) is 41.0 Å². The predicted octanol–water partition coefficient (Wildman–Crippen LogP) is 4.38. The fraction of sp³-hybridized carbons (Fsp3) is 0.214. The predicted molar refractivity (Wildman–Crippen MR) is 77.4 cm³/mol. The number of benzene rings is 1. The van der Waals surface area contributed by atoms with Crippen LogP contribution in [0.1, 0.15) is 12.5 Å². The second kappa shape index (κ2) is 5.87. The summed E-state index contributed by atoms with van der Waals surface area (Å²) in [6.45, 7) is 4.92. The molecule has 0 aliphatic heterocycles. The van der Waals surface area contributed by atoms with E-state index in [0.29, 0.717) is 0 Å². The number of rotatable bonds is 4. The van der Waals surface area contributed by atoms with Crippen LogP contribution >= 0.6 is 15.9 Å². The van der Waals surface area contributed by atoms with Gasteiger partial charge in [0.1, 0.15) is 17.3 Å². The summed E-state index contributed by atoms with van der Waals surface area (Å²) < 4.78 is 6.77. The van der Waals surface area contributed by atoms with Gasteiger partial charge in [0, 0.05) is 18.8 Å². The molecule has 0 saturated carbocycles. The average molecular weight is 307 g/mol. The molecule has 0 saturated heterocycles. The lowest BCUT2D eigenvalue weighted by Crippen LogP contribution is -1.98. The number of anilines is 1. The Morgan fingerprint density at radius 1 is 1.28 bits per heavy atom. The fourth-order valence-electron chi connectivity index (χ4n) is 1.57. The largest absolute Gasteiger partial charge is 0.456 e. The third-order valence-electron chi connectivity index (χ3n) is 2.40. The molecule has 2 rings (SSSR count). The normalized spacial score (nSPS) is 10.2. The van der Waals surface area contributed by atoms with E-state index in [0.717, 1.165) is 28.3 Å². The molecule has 1 N–H and O–H groups in total. The third-order valence-corrected chi connectivity index (χ3v) is 3.02. The minimum atomic E-state index is 0.769. The zero-order valence-corrected chi connectivity index (χ0v) is 12.0. The summed E-state index contributed by atoms with van der Waals surface area (Å²) in [6.07, 6.45) is 1.73. The molecule has 3 nitrogen and oxygen atoms in total. The number of hydrogen-bond acceptors (Lipinski definition) is 3. The number of nitrogens with zero attached hydrogens (tertiary/aromatic N) is 1. The molecule has 94 valence electrons. The monoisotopic (exact) mass is 306 g/mol. The van der Waals surface area contributed by atoms with Crippen molar-refractivity contribution in [3.63, 3.8) is 0 Å². The summed E-state index contributed by atoms with van der Waals surface area (Å²) in [6, 6.07) is 9.73. The molecular weight excluding hydrogens is 292 g/mol. The van der Waals surface area contributed by atoms with Crippen molar-refractivity contribution in [1.82, 2.24) is 4.98 Å². The maximum atomic E-state index is 5.82. The van der Waals surface area contributed by atoms with E-state index in [1.54, 1.807) is 6.20 Å². The molecule has 0 aliphatic rings. The number of aryl methyl sites for hydroxylation is 1. The summed E-state index contributed by atoms with van der Waals surface area (Å²) >= 11 is 3.50. The van der Waals surface area contributed by atoms with Gasteiger partial charge in [0.05, 0.1) is 4.47 Å². The highest BCUT2D eigenvalue weighted by molar-refractivity contribution is 9.10. The van der Waals surface area contributed by atoms with Crippen molar-refractivity contribution in [2.24, 2.45) is 0 Å². The average Bonchev–Trinajstić information content (AvgIpc) is 2.34. The van der Waals surface area contributed by atoms with Crippen LogP contribution in [0.25, 0.3) is 0 Å². The fourth-order valence-corrected chi connectivity index (χ4v) is 2.14. The first-order valence-electron chi connectivity index (χ1n) is 5.83. The third kappa shape index (κ3) is 3.23. The van der Waals surface area contributed by atoms with Crippen LogP contribution in [-0.2, 0) is 0 Å². The molecule has 0 amide bonds. The molecule has 0 fully saturated rings. The van der Waals surface area contributed by atoms with Crippen molar-refractivity contribution >= 4 is 21.7 Å². The van der Waals surface area contributed by atoms with Crippen LogP contribution in [0.3, 0.4) is 0 Å². The Hall–Kier alpha value is -1.55. The molecule has 2 aromatic rings. The molecule has 0 aliphatic carbocycles. The lowest BCUT2D eigenvalue weighted by Gasteiger charge is -2.09.